The zero-order valence-electron chi connectivity index (χ0n) is 12.0. The maximum atomic E-state index is 10.1. The molecule has 1 unspecified atom stereocenters. The summed E-state index contributed by atoms with van der Waals surface area (Å²) in [6.45, 7) is 7.82. The second kappa shape index (κ2) is 7.39. The van der Waals surface area contributed by atoms with Crippen molar-refractivity contribution in [3.63, 3.8) is 0 Å². The summed E-state index contributed by atoms with van der Waals surface area (Å²) in [5, 5.41) is 17.8. The lowest BCUT2D eigenvalue weighted by Crippen LogP contribution is -2.39. The van der Waals surface area contributed by atoms with Crippen molar-refractivity contribution in [1.82, 2.24) is 10.2 Å². The van der Waals surface area contributed by atoms with Crippen LogP contribution in [0, 0.1) is 5.92 Å². The van der Waals surface area contributed by atoms with E-state index in [0.29, 0.717) is 18.5 Å². The number of thiophene rings is 1. The van der Waals surface area contributed by atoms with Gasteiger partial charge in [-0.2, -0.15) is 11.3 Å². The molecule has 1 fully saturated rings. The van der Waals surface area contributed by atoms with Crippen LogP contribution in [0.1, 0.15) is 32.3 Å². The standard InChI is InChI=1S/C15H26N2OS/c1-12(2)7-16-8-15(18)10-17(14-3-4-14)9-13-5-6-19-11-13/h5-6,11-12,14-16,18H,3-4,7-10H2,1-2H3. The summed E-state index contributed by atoms with van der Waals surface area (Å²) in [6.07, 6.45) is 2.31. The molecule has 1 heterocycles. The van der Waals surface area contributed by atoms with Gasteiger partial charge in [0.15, 0.2) is 0 Å². The van der Waals surface area contributed by atoms with Gasteiger partial charge in [-0.3, -0.25) is 4.90 Å². The van der Waals surface area contributed by atoms with Crippen molar-refractivity contribution in [3.05, 3.63) is 22.4 Å². The third kappa shape index (κ3) is 5.61. The van der Waals surface area contributed by atoms with Gasteiger partial charge in [0.25, 0.3) is 0 Å². The van der Waals surface area contributed by atoms with E-state index in [-0.39, 0.29) is 6.10 Å². The van der Waals surface area contributed by atoms with Crippen molar-refractivity contribution in [3.8, 4) is 0 Å². The van der Waals surface area contributed by atoms with Gasteiger partial charge < -0.3 is 10.4 Å². The van der Waals surface area contributed by atoms with Crippen LogP contribution in [0.3, 0.4) is 0 Å². The van der Waals surface area contributed by atoms with E-state index in [1.165, 1.54) is 18.4 Å². The minimum absolute atomic E-state index is 0.266. The largest absolute Gasteiger partial charge is 0.390 e. The van der Waals surface area contributed by atoms with E-state index < -0.39 is 0 Å². The van der Waals surface area contributed by atoms with Gasteiger partial charge in [-0.1, -0.05) is 13.8 Å². The van der Waals surface area contributed by atoms with E-state index in [1.807, 2.05) is 0 Å². The Morgan fingerprint density at radius 3 is 2.79 bits per heavy atom. The second-order valence-electron chi connectivity index (χ2n) is 6.00. The molecule has 2 N–H and O–H groups in total. The molecule has 108 valence electrons. The number of aliphatic hydroxyl groups excluding tert-OH is 1. The Labute approximate surface area is 120 Å². The Morgan fingerprint density at radius 2 is 2.21 bits per heavy atom. The lowest BCUT2D eigenvalue weighted by atomic mass is 10.2. The number of hydrogen-bond acceptors (Lipinski definition) is 4. The third-order valence-electron chi connectivity index (χ3n) is 3.41. The summed E-state index contributed by atoms with van der Waals surface area (Å²) < 4.78 is 0. The van der Waals surface area contributed by atoms with Crippen LogP contribution in [0.25, 0.3) is 0 Å². The summed E-state index contributed by atoms with van der Waals surface area (Å²) in [7, 11) is 0. The van der Waals surface area contributed by atoms with E-state index >= 15 is 0 Å². The molecule has 1 saturated carbocycles. The van der Waals surface area contributed by atoms with E-state index in [4.69, 9.17) is 0 Å². The number of rotatable bonds is 9. The SMILES string of the molecule is CC(C)CNCC(O)CN(Cc1ccsc1)C1CC1. The molecule has 0 aliphatic heterocycles. The summed E-state index contributed by atoms with van der Waals surface area (Å²) in [4.78, 5) is 2.43. The highest BCUT2D eigenvalue weighted by molar-refractivity contribution is 7.07. The highest BCUT2D eigenvalue weighted by Gasteiger charge is 2.30. The van der Waals surface area contributed by atoms with Gasteiger partial charge in [-0.15, -0.1) is 0 Å². The van der Waals surface area contributed by atoms with Crippen LogP contribution < -0.4 is 5.32 Å². The lowest BCUT2D eigenvalue weighted by molar-refractivity contribution is 0.102. The molecular formula is C15H26N2OS. The second-order valence-corrected chi connectivity index (χ2v) is 6.78. The van der Waals surface area contributed by atoms with Gasteiger partial charge in [0.05, 0.1) is 6.10 Å². The van der Waals surface area contributed by atoms with Crippen molar-refractivity contribution in [2.24, 2.45) is 5.92 Å². The normalized spacial score (nSPS) is 17.3. The van der Waals surface area contributed by atoms with Gasteiger partial charge >= 0.3 is 0 Å². The Morgan fingerprint density at radius 1 is 1.42 bits per heavy atom. The molecule has 0 bridgehead atoms. The Bertz CT molecular complexity index is 349. The zero-order valence-corrected chi connectivity index (χ0v) is 12.8. The molecule has 1 aliphatic carbocycles. The molecule has 1 atom stereocenters. The molecule has 0 radical (unpaired) electrons. The fourth-order valence-electron chi connectivity index (χ4n) is 2.27. The minimum Gasteiger partial charge on any atom is -0.390 e. The number of aliphatic hydroxyl groups is 1. The number of hydrogen-bond donors (Lipinski definition) is 2. The zero-order chi connectivity index (χ0) is 13.7. The molecule has 1 aliphatic rings. The van der Waals surface area contributed by atoms with Crippen molar-refractivity contribution >= 4 is 11.3 Å². The molecule has 0 spiro atoms. The maximum Gasteiger partial charge on any atom is 0.0791 e. The van der Waals surface area contributed by atoms with Crippen LogP contribution >= 0.6 is 11.3 Å². The van der Waals surface area contributed by atoms with Crippen LogP contribution in [0.15, 0.2) is 16.8 Å². The summed E-state index contributed by atoms with van der Waals surface area (Å²) in [5.41, 5.74) is 1.37. The highest BCUT2D eigenvalue weighted by Crippen LogP contribution is 2.28. The van der Waals surface area contributed by atoms with Crippen LogP contribution in [-0.2, 0) is 6.54 Å². The van der Waals surface area contributed by atoms with Crippen molar-refractivity contribution < 1.29 is 5.11 Å². The van der Waals surface area contributed by atoms with E-state index in [2.05, 4.69) is 40.9 Å². The molecular weight excluding hydrogens is 256 g/mol. The Kier molecular flexibility index (Phi) is 5.82. The highest BCUT2D eigenvalue weighted by atomic mass is 32.1. The van der Waals surface area contributed by atoms with Crippen molar-refractivity contribution in [2.75, 3.05) is 19.6 Å². The Hall–Kier alpha value is -0.420. The predicted molar refractivity (Wildman–Crippen MR) is 81.5 cm³/mol. The first-order valence-electron chi connectivity index (χ1n) is 7.29. The smallest absolute Gasteiger partial charge is 0.0791 e. The first-order valence-corrected chi connectivity index (χ1v) is 8.23. The quantitative estimate of drug-likeness (QED) is 0.729. The van der Waals surface area contributed by atoms with Gasteiger partial charge in [0.2, 0.25) is 0 Å². The minimum atomic E-state index is -0.266. The van der Waals surface area contributed by atoms with Crippen molar-refractivity contribution in [2.45, 2.75) is 45.4 Å². The molecule has 0 aromatic carbocycles. The van der Waals surface area contributed by atoms with Crippen LogP contribution in [0.2, 0.25) is 0 Å². The van der Waals surface area contributed by atoms with E-state index in [1.54, 1.807) is 11.3 Å². The van der Waals surface area contributed by atoms with Gasteiger partial charge in [-0.25, -0.2) is 0 Å². The number of nitrogens with one attached hydrogen (secondary N) is 1. The van der Waals surface area contributed by atoms with E-state index in [0.717, 1.165) is 19.6 Å². The van der Waals surface area contributed by atoms with Gasteiger partial charge in [-0.05, 0) is 47.7 Å². The molecule has 0 amide bonds. The fraction of sp³-hybridized carbons (Fsp3) is 0.733. The van der Waals surface area contributed by atoms with Crippen molar-refractivity contribution in [1.29, 1.82) is 0 Å². The van der Waals surface area contributed by atoms with Gasteiger partial charge in [0, 0.05) is 25.7 Å². The lowest BCUT2D eigenvalue weighted by Gasteiger charge is -2.25. The molecule has 3 nitrogen and oxygen atoms in total. The summed E-state index contributed by atoms with van der Waals surface area (Å²) >= 11 is 1.75. The van der Waals surface area contributed by atoms with Crippen LogP contribution in [-0.4, -0.2) is 41.8 Å². The molecule has 19 heavy (non-hydrogen) atoms. The Balaban J connectivity index is 1.73. The average molecular weight is 282 g/mol. The predicted octanol–water partition coefficient (Wildman–Crippen LogP) is 2.32. The average Bonchev–Trinajstić information content (AvgIpc) is 3.07. The maximum absolute atomic E-state index is 10.1. The van der Waals surface area contributed by atoms with Crippen LogP contribution in [0.5, 0.6) is 0 Å². The van der Waals surface area contributed by atoms with Gasteiger partial charge in [0.1, 0.15) is 0 Å². The molecule has 0 saturated heterocycles. The third-order valence-corrected chi connectivity index (χ3v) is 4.14. The molecule has 4 heteroatoms. The fourth-order valence-corrected chi connectivity index (χ4v) is 2.93. The summed E-state index contributed by atoms with van der Waals surface area (Å²) in [5.74, 6) is 0.637. The topological polar surface area (TPSA) is 35.5 Å². The first kappa shape index (κ1) is 15.0. The first-order chi connectivity index (χ1) is 9.15. The molecule has 1 aromatic heterocycles. The summed E-state index contributed by atoms with van der Waals surface area (Å²) in [6, 6.07) is 2.88. The monoisotopic (exact) mass is 282 g/mol. The molecule has 1 aromatic rings. The number of nitrogens with zero attached hydrogens (tertiary/aromatic N) is 1. The van der Waals surface area contributed by atoms with E-state index in [9.17, 15) is 5.11 Å². The molecule has 2 rings (SSSR count). The van der Waals surface area contributed by atoms with Crippen LogP contribution in [0.4, 0.5) is 0 Å².